The predicted molar refractivity (Wildman–Crippen MR) is 152 cm³/mol. The molecule has 0 aliphatic carbocycles. The van der Waals surface area contributed by atoms with Gasteiger partial charge in [-0.25, -0.2) is 17.2 Å². The van der Waals surface area contributed by atoms with Gasteiger partial charge in [-0.15, -0.1) is 11.3 Å². The highest BCUT2D eigenvalue weighted by atomic mass is 32.2. The fourth-order valence-electron chi connectivity index (χ4n) is 4.98. The molecule has 6 rings (SSSR count). The molecule has 2 aliphatic heterocycles. The van der Waals surface area contributed by atoms with E-state index in [0.717, 1.165) is 71.4 Å². The van der Waals surface area contributed by atoms with Gasteiger partial charge in [-0.1, -0.05) is 6.07 Å². The first kappa shape index (κ1) is 27.5. The van der Waals surface area contributed by atoms with E-state index in [9.17, 15) is 22.0 Å². The van der Waals surface area contributed by atoms with Crippen LogP contribution in [0.5, 0.6) is 0 Å². The van der Waals surface area contributed by atoms with Gasteiger partial charge in [0.25, 0.3) is 15.9 Å². The summed E-state index contributed by atoms with van der Waals surface area (Å²) in [5.41, 5.74) is 3.56. The molecule has 0 saturated carbocycles. The summed E-state index contributed by atoms with van der Waals surface area (Å²) in [5.74, 6) is -1.92. The van der Waals surface area contributed by atoms with Crippen LogP contribution in [-0.4, -0.2) is 68.5 Å². The van der Waals surface area contributed by atoms with Crippen LogP contribution in [0.2, 0.25) is 0 Å². The van der Waals surface area contributed by atoms with E-state index in [1.807, 2.05) is 29.2 Å². The topological polar surface area (TPSA) is 91.8 Å². The van der Waals surface area contributed by atoms with Crippen molar-refractivity contribution >= 4 is 33.0 Å². The molecule has 212 valence electrons. The smallest absolute Gasteiger partial charge is 0.262 e. The number of ether oxygens (including phenoxy) is 1. The fourth-order valence-corrected chi connectivity index (χ4v) is 7.04. The number of benzene rings is 2. The number of thiophene rings is 1. The number of nitrogens with zero attached hydrogens (tertiary/aromatic N) is 3. The number of sulfonamides is 1. The number of fused-ring (bicyclic) bond motifs is 1. The summed E-state index contributed by atoms with van der Waals surface area (Å²) in [5, 5.41) is 0. The number of amides is 1. The lowest BCUT2D eigenvalue weighted by molar-refractivity contribution is 0.0327. The van der Waals surface area contributed by atoms with E-state index < -0.39 is 26.6 Å². The maximum absolute atomic E-state index is 13.6. The molecule has 2 aliphatic rings. The van der Waals surface area contributed by atoms with Crippen molar-refractivity contribution in [2.75, 3.05) is 44.1 Å². The Morgan fingerprint density at radius 3 is 2.39 bits per heavy atom. The van der Waals surface area contributed by atoms with Crippen LogP contribution < -0.4 is 4.72 Å². The molecule has 1 fully saturated rings. The number of rotatable bonds is 8. The normalized spacial score (nSPS) is 15.8. The molecule has 8 nitrogen and oxygen atoms in total. The van der Waals surface area contributed by atoms with Crippen LogP contribution in [-0.2, 0) is 21.3 Å². The molecule has 0 radical (unpaired) electrons. The van der Waals surface area contributed by atoms with Crippen molar-refractivity contribution < 1.29 is 26.7 Å². The molecule has 41 heavy (non-hydrogen) atoms. The van der Waals surface area contributed by atoms with Crippen LogP contribution in [0.3, 0.4) is 0 Å². The second kappa shape index (κ2) is 11.3. The standard InChI is InChI=1S/C29H26F2N4O4S2/c30-22-13-23(31)15-25(14-22)41(37,38)33-24-12-20(16-32-17-24)28-4-3-27(40-28)19-1-2-26-21(11-19)18-35(29(26)36)6-5-34-7-9-39-10-8-34/h1-4,11-17,33H,5-10,18H2. The zero-order valence-electron chi connectivity index (χ0n) is 21.8. The average molecular weight is 597 g/mol. The van der Waals surface area contributed by atoms with Crippen molar-refractivity contribution in [3.8, 4) is 20.9 Å². The van der Waals surface area contributed by atoms with Gasteiger partial charge in [0, 0.05) is 65.9 Å². The summed E-state index contributed by atoms with van der Waals surface area (Å²) in [4.78, 5) is 22.6. The molecule has 0 bridgehead atoms. The number of nitrogens with one attached hydrogen (secondary N) is 1. The van der Waals surface area contributed by atoms with E-state index in [1.165, 1.54) is 17.5 Å². The van der Waals surface area contributed by atoms with Gasteiger partial charge >= 0.3 is 0 Å². The molecule has 2 aromatic carbocycles. The van der Waals surface area contributed by atoms with E-state index in [4.69, 9.17) is 4.74 Å². The maximum Gasteiger partial charge on any atom is 0.262 e. The van der Waals surface area contributed by atoms with E-state index >= 15 is 0 Å². The van der Waals surface area contributed by atoms with Gasteiger partial charge < -0.3 is 9.64 Å². The highest BCUT2D eigenvalue weighted by Crippen LogP contribution is 2.37. The molecular weight excluding hydrogens is 570 g/mol. The number of aromatic nitrogens is 1. The first-order valence-electron chi connectivity index (χ1n) is 13.0. The van der Waals surface area contributed by atoms with Gasteiger partial charge in [0.05, 0.1) is 30.0 Å². The number of anilines is 1. The molecule has 4 heterocycles. The Bertz CT molecular complexity index is 1700. The zero-order valence-corrected chi connectivity index (χ0v) is 23.5. The van der Waals surface area contributed by atoms with Gasteiger partial charge in [-0.2, -0.15) is 0 Å². The molecular formula is C29H26F2N4O4S2. The summed E-state index contributed by atoms with van der Waals surface area (Å²) in [6.45, 7) is 5.30. The number of pyridine rings is 1. The van der Waals surface area contributed by atoms with Gasteiger partial charge in [0.15, 0.2) is 0 Å². The minimum atomic E-state index is -4.23. The minimum absolute atomic E-state index is 0.0537. The molecule has 12 heteroatoms. The van der Waals surface area contributed by atoms with Gasteiger partial charge in [0.1, 0.15) is 11.6 Å². The molecule has 0 atom stereocenters. The highest BCUT2D eigenvalue weighted by Gasteiger charge is 2.28. The third-order valence-corrected chi connectivity index (χ3v) is 9.63. The maximum atomic E-state index is 13.6. The number of carbonyl (C=O) groups is 1. The zero-order chi connectivity index (χ0) is 28.6. The Morgan fingerprint density at radius 1 is 0.902 bits per heavy atom. The van der Waals surface area contributed by atoms with Gasteiger partial charge in [0.2, 0.25) is 0 Å². The van der Waals surface area contributed by atoms with Crippen LogP contribution >= 0.6 is 11.3 Å². The quantitative estimate of drug-likeness (QED) is 0.313. The molecule has 1 saturated heterocycles. The van der Waals surface area contributed by atoms with Crippen LogP contribution in [0, 0.1) is 11.6 Å². The Kier molecular flexibility index (Phi) is 7.56. The summed E-state index contributed by atoms with van der Waals surface area (Å²) in [6, 6.07) is 13.5. The molecule has 0 spiro atoms. The first-order valence-corrected chi connectivity index (χ1v) is 15.3. The van der Waals surface area contributed by atoms with Crippen LogP contribution in [0.1, 0.15) is 15.9 Å². The highest BCUT2D eigenvalue weighted by molar-refractivity contribution is 7.92. The SMILES string of the molecule is O=C1c2ccc(-c3ccc(-c4cncc(NS(=O)(=O)c5cc(F)cc(F)c5)c4)s3)cc2CN1CCN1CCOCC1. The van der Waals surface area contributed by atoms with Gasteiger partial charge in [-0.3, -0.25) is 19.4 Å². The van der Waals surface area contributed by atoms with Crippen LogP contribution in [0.15, 0.2) is 71.9 Å². The van der Waals surface area contributed by atoms with Crippen molar-refractivity contribution in [1.82, 2.24) is 14.8 Å². The largest absolute Gasteiger partial charge is 0.379 e. The Balaban J connectivity index is 1.16. The van der Waals surface area contributed by atoms with E-state index in [1.54, 1.807) is 12.3 Å². The Morgan fingerprint density at radius 2 is 1.63 bits per heavy atom. The van der Waals surface area contributed by atoms with Crippen molar-refractivity contribution in [1.29, 1.82) is 0 Å². The number of morpholine rings is 1. The van der Waals surface area contributed by atoms with Crippen molar-refractivity contribution in [3.05, 3.63) is 89.8 Å². The van der Waals surface area contributed by atoms with Crippen molar-refractivity contribution in [2.45, 2.75) is 11.4 Å². The first-order chi connectivity index (χ1) is 19.7. The fraction of sp³-hybridized carbons (Fsp3) is 0.241. The second-order valence-corrected chi connectivity index (χ2v) is 12.7. The number of hydrogen-bond donors (Lipinski definition) is 1. The minimum Gasteiger partial charge on any atom is -0.379 e. The third kappa shape index (κ3) is 6.01. The number of halogens is 2. The lowest BCUT2D eigenvalue weighted by Gasteiger charge is -2.28. The average Bonchev–Trinajstić information content (AvgIpc) is 3.57. The van der Waals surface area contributed by atoms with Crippen LogP contribution in [0.4, 0.5) is 14.5 Å². The second-order valence-electron chi connectivity index (χ2n) is 9.89. The summed E-state index contributed by atoms with van der Waals surface area (Å²) < 4.78 is 60.3. The van der Waals surface area contributed by atoms with E-state index in [2.05, 4.69) is 20.7 Å². The summed E-state index contributed by atoms with van der Waals surface area (Å²) >= 11 is 1.51. The van der Waals surface area contributed by atoms with Crippen molar-refractivity contribution in [3.63, 3.8) is 0 Å². The molecule has 1 N–H and O–H groups in total. The van der Waals surface area contributed by atoms with Crippen LogP contribution in [0.25, 0.3) is 20.9 Å². The van der Waals surface area contributed by atoms with Crippen molar-refractivity contribution in [2.24, 2.45) is 0 Å². The summed E-state index contributed by atoms with van der Waals surface area (Å²) in [7, 11) is -4.23. The number of hydrogen-bond acceptors (Lipinski definition) is 7. The van der Waals surface area contributed by atoms with E-state index in [-0.39, 0.29) is 11.6 Å². The number of carbonyl (C=O) groups excluding carboxylic acids is 1. The lowest BCUT2D eigenvalue weighted by atomic mass is 10.1. The third-order valence-electron chi connectivity index (χ3n) is 7.09. The molecule has 4 aromatic rings. The monoisotopic (exact) mass is 596 g/mol. The molecule has 0 unspecified atom stereocenters. The lowest BCUT2D eigenvalue weighted by Crippen LogP contribution is -2.41. The van der Waals surface area contributed by atoms with Gasteiger partial charge in [-0.05, 0) is 53.6 Å². The van der Waals surface area contributed by atoms with E-state index in [0.29, 0.717) is 24.7 Å². The Hall–Kier alpha value is -3.71. The molecule has 1 amide bonds. The molecule has 2 aromatic heterocycles. The predicted octanol–water partition coefficient (Wildman–Crippen LogP) is 4.84. The Labute approximate surface area is 240 Å². The summed E-state index contributed by atoms with van der Waals surface area (Å²) in [6.07, 6.45) is 2.94.